The van der Waals surface area contributed by atoms with E-state index >= 15 is 0 Å². The van der Waals surface area contributed by atoms with Crippen molar-refractivity contribution in [1.82, 2.24) is 35.6 Å². The third-order valence-corrected chi connectivity index (χ3v) is 7.32. The average molecular weight is 503 g/mol. The zero-order valence-electron chi connectivity index (χ0n) is 20.7. The number of thioether (sulfide) groups is 1. The van der Waals surface area contributed by atoms with Crippen LogP contribution >= 0.6 is 11.8 Å². The van der Waals surface area contributed by atoms with Gasteiger partial charge in [0.15, 0.2) is 5.82 Å². The smallest absolute Gasteiger partial charge is 0.222 e. The third kappa shape index (κ3) is 4.97. The fourth-order valence-electron chi connectivity index (χ4n) is 4.51. The van der Waals surface area contributed by atoms with E-state index in [1.807, 2.05) is 24.8 Å². The molecule has 10 nitrogen and oxygen atoms in total. The number of pyridine rings is 1. The van der Waals surface area contributed by atoms with E-state index in [0.29, 0.717) is 11.6 Å². The Labute approximate surface area is 214 Å². The SMILES string of the molecule is CCC(Nc1nc(N)nc(C)c1C=Cc1nn[nH]n1)c1cc2cccc(C)c2nc1N1CCSCC1. The Kier molecular flexibility index (Phi) is 6.99. The van der Waals surface area contributed by atoms with Crippen LogP contribution in [0.5, 0.6) is 0 Å². The van der Waals surface area contributed by atoms with Gasteiger partial charge in [-0.3, -0.25) is 0 Å². The van der Waals surface area contributed by atoms with Crippen LogP contribution in [0, 0.1) is 13.8 Å². The molecule has 0 saturated carbocycles. The van der Waals surface area contributed by atoms with E-state index in [4.69, 9.17) is 10.7 Å². The first-order valence-electron chi connectivity index (χ1n) is 12.1. The zero-order chi connectivity index (χ0) is 25.1. The summed E-state index contributed by atoms with van der Waals surface area (Å²) in [6, 6.07) is 8.59. The lowest BCUT2D eigenvalue weighted by atomic mass is 10.00. The number of fused-ring (bicyclic) bond motifs is 1. The van der Waals surface area contributed by atoms with Crippen molar-refractivity contribution in [1.29, 1.82) is 0 Å². The van der Waals surface area contributed by atoms with Crippen LogP contribution in [0.3, 0.4) is 0 Å². The molecule has 1 unspecified atom stereocenters. The summed E-state index contributed by atoms with van der Waals surface area (Å²) in [5.41, 5.74) is 11.0. The number of aryl methyl sites for hydroxylation is 2. The van der Waals surface area contributed by atoms with E-state index in [1.165, 1.54) is 5.56 Å². The van der Waals surface area contributed by atoms with Gasteiger partial charge in [-0.05, 0) is 49.3 Å². The van der Waals surface area contributed by atoms with Crippen LogP contribution in [0.2, 0.25) is 0 Å². The number of nitrogens with zero attached hydrogens (tertiary/aromatic N) is 7. The third-order valence-electron chi connectivity index (χ3n) is 6.38. The van der Waals surface area contributed by atoms with Gasteiger partial charge in [0, 0.05) is 41.1 Å². The first-order valence-corrected chi connectivity index (χ1v) is 13.2. The standard InChI is InChI=1S/C25H30N10S/c1-4-20(28-23-18(16(3)27-25(26)30-23)8-9-21-31-33-34-32-21)19-14-17-7-5-6-15(2)22(17)29-24(19)35-10-12-36-13-11-35/h5-9,14,20H,4,10-13H2,1-3H3,(H3,26,27,28,30)(H,31,32,33,34). The highest BCUT2D eigenvalue weighted by atomic mass is 32.2. The minimum absolute atomic E-state index is 0.0296. The highest BCUT2D eigenvalue weighted by Gasteiger charge is 2.24. The topological polar surface area (TPSA) is 134 Å². The highest BCUT2D eigenvalue weighted by Crippen LogP contribution is 2.35. The number of hydrogen-bond acceptors (Lipinski definition) is 10. The molecule has 1 aliphatic heterocycles. The number of H-pyrrole nitrogens is 1. The second-order valence-corrected chi connectivity index (χ2v) is 10.0. The van der Waals surface area contributed by atoms with Gasteiger partial charge in [0.2, 0.25) is 5.95 Å². The van der Waals surface area contributed by atoms with Crippen molar-refractivity contribution in [2.45, 2.75) is 33.2 Å². The lowest BCUT2D eigenvalue weighted by molar-refractivity contribution is 0.727. The lowest BCUT2D eigenvalue weighted by Gasteiger charge is -2.32. The number of anilines is 3. The number of para-hydroxylation sites is 1. The molecule has 11 heteroatoms. The summed E-state index contributed by atoms with van der Waals surface area (Å²) in [4.78, 5) is 16.6. The van der Waals surface area contributed by atoms with Crippen LogP contribution in [-0.4, -0.2) is 60.2 Å². The second-order valence-electron chi connectivity index (χ2n) is 8.79. The maximum atomic E-state index is 6.06. The molecular weight excluding hydrogens is 472 g/mol. The van der Waals surface area contributed by atoms with E-state index in [9.17, 15) is 0 Å². The Morgan fingerprint density at radius 1 is 1.17 bits per heavy atom. The van der Waals surface area contributed by atoms with Crippen molar-refractivity contribution in [2.75, 3.05) is 40.5 Å². The number of nitrogens with two attached hydrogens (primary N) is 1. The van der Waals surface area contributed by atoms with Gasteiger partial charge in [-0.1, -0.05) is 25.1 Å². The Morgan fingerprint density at radius 3 is 2.75 bits per heavy atom. The predicted octanol–water partition coefficient (Wildman–Crippen LogP) is 4.02. The summed E-state index contributed by atoms with van der Waals surface area (Å²) >= 11 is 1.99. The fourth-order valence-corrected chi connectivity index (χ4v) is 5.42. The van der Waals surface area contributed by atoms with E-state index in [2.05, 4.69) is 78.9 Å². The van der Waals surface area contributed by atoms with Gasteiger partial charge in [-0.2, -0.15) is 22.0 Å². The molecular formula is C25H30N10S. The van der Waals surface area contributed by atoms with Gasteiger partial charge in [0.05, 0.1) is 17.3 Å². The van der Waals surface area contributed by atoms with Gasteiger partial charge in [0.25, 0.3) is 0 Å². The van der Waals surface area contributed by atoms with Crippen LogP contribution in [-0.2, 0) is 0 Å². The van der Waals surface area contributed by atoms with Gasteiger partial charge in [0.1, 0.15) is 11.6 Å². The largest absolute Gasteiger partial charge is 0.368 e. The van der Waals surface area contributed by atoms with Crippen molar-refractivity contribution in [3.05, 3.63) is 52.5 Å². The average Bonchev–Trinajstić information content (AvgIpc) is 3.40. The van der Waals surface area contributed by atoms with E-state index in [0.717, 1.165) is 64.6 Å². The first-order chi connectivity index (χ1) is 17.5. The molecule has 0 aliphatic carbocycles. The number of rotatable bonds is 7. The number of tetrazole rings is 1. The molecule has 186 valence electrons. The molecule has 1 atom stereocenters. The number of nitrogen functional groups attached to an aromatic ring is 1. The van der Waals surface area contributed by atoms with Crippen molar-refractivity contribution in [2.24, 2.45) is 0 Å². The summed E-state index contributed by atoms with van der Waals surface area (Å²) < 4.78 is 0. The van der Waals surface area contributed by atoms with Crippen LogP contribution in [0.25, 0.3) is 23.1 Å². The Balaban J connectivity index is 1.58. The Morgan fingerprint density at radius 2 is 2.00 bits per heavy atom. The number of hydrogen-bond donors (Lipinski definition) is 3. The molecule has 5 rings (SSSR count). The van der Waals surface area contributed by atoms with Gasteiger partial charge in [-0.25, -0.2) is 9.97 Å². The van der Waals surface area contributed by atoms with Crippen LogP contribution < -0.4 is 16.0 Å². The number of aromatic amines is 1. The maximum Gasteiger partial charge on any atom is 0.222 e. The Bertz CT molecular complexity index is 1380. The summed E-state index contributed by atoms with van der Waals surface area (Å²) in [5, 5.41) is 18.9. The van der Waals surface area contributed by atoms with Crippen LogP contribution in [0.15, 0.2) is 24.3 Å². The zero-order valence-corrected chi connectivity index (χ0v) is 21.5. The summed E-state index contributed by atoms with van der Waals surface area (Å²) in [6.45, 7) is 8.17. The molecule has 1 aliphatic rings. The second kappa shape index (κ2) is 10.5. The monoisotopic (exact) mass is 502 g/mol. The maximum absolute atomic E-state index is 6.06. The minimum atomic E-state index is -0.0296. The Hall–Kier alpha value is -3.73. The molecule has 36 heavy (non-hydrogen) atoms. The molecule has 1 aromatic carbocycles. The molecule has 4 N–H and O–H groups in total. The highest BCUT2D eigenvalue weighted by molar-refractivity contribution is 7.99. The molecule has 0 radical (unpaired) electrons. The quantitative estimate of drug-likeness (QED) is 0.340. The number of nitrogens with one attached hydrogen (secondary N) is 2. The lowest BCUT2D eigenvalue weighted by Crippen LogP contribution is -2.34. The molecule has 0 spiro atoms. The normalized spacial score (nSPS) is 15.0. The van der Waals surface area contributed by atoms with Crippen molar-refractivity contribution in [3.8, 4) is 0 Å². The molecule has 0 bridgehead atoms. The minimum Gasteiger partial charge on any atom is -0.368 e. The summed E-state index contributed by atoms with van der Waals surface area (Å²) in [7, 11) is 0. The number of benzene rings is 1. The van der Waals surface area contributed by atoms with Crippen molar-refractivity contribution < 1.29 is 0 Å². The van der Waals surface area contributed by atoms with Crippen molar-refractivity contribution in [3.63, 3.8) is 0 Å². The van der Waals surface area contributed by atoms with Gasteiger partial charge >= 0.3 is 0 Å². The van der Waals surface area contributed by atoms with Crippen LogP contribution in [0.1, 0.15) is 47.6 Å². The number of aromatic nitrogens is 7. The molecule has 1 fully saturated rings. The molecule has 1 saturated heterocycles. The molecule has 0 amide bonds. The van der Waals surface area contributed by atoms with E-state index < -0.39 is 0 Å². The van der Waals surface area contributed by atoms with E-state index in [1.54, 1.807) is 6.08 Å². The first kappa shape index (κ1) is 24.0. The van der Waals surface area contributed by atoms with Crippen molar-refractivity contribution >= 4 is 52.4 Å². The van der Waals surface area contributed by atoms with Gasteiger partial charge < -0.3 is 16.0 Å². The molecule has 4 aromatic rings. The van der Waals surface area contributed by atoms with E-state index in [-0.39, 0.29) is 12.0 Å². The summed E-state index contributed by atoms with van der Waals surface area (Å²) in [5.74, 6) is 4.61. The van der Waals surface area contributed by atoms with Gasteiger partial charge in [-0.15, -0.1) is 10.2 Å². The molecule has 3 aromatic heterocycles. The fraction of sp³-hybridized carbons (Fsp3) is 0.360. The summed E-state index contributed by atoms with van der Waals surface area (Å²) in [6.07, 6.45) is 4.50. The molecule has 4 heterocycles. The predicted molar refractivity (Wildman–Crippen MR) is 147 cm³/mol. The van der Waals surface area contributed by atoms with Crippen LogP contribution in [0.4, 0.5) is 17.6 Å².